The van der Waals surface area contributed by atoms with Crippen molar-refractivity contribution in [2.24, 2.45) is 0 Å². The smallest absolute Gasteiger partial charge is 0.254 e. The van der Waals surface area contributed by atoms with E-state index >= 15 is 0 Å². The standard InChI is InChI=1S/C17H18BrNO2/c1-13-15(8-5-9-16(13)20)17(21)19(11-10-18)12-14-6-3-2-4-7-14/h2-9,20H,10-12H2,1H3. The van der Waals surface area contributed by atoms with Crippen LogP contribution in [0.1, 0.15) is 21.5 Å². The topological polar surface area (TPSA) is 40.5 Å². The van der Waals surface area contributed by atoms with E-state index in [9.17, 15) is 9.90 Å². The van der Waals surface area contributed by atoms with Crippen LogP contribution in [0.15, 0.2) is 48.5 Å². The van der Waals surface area contributed by atoms with Gasteiger partial charge in [0.25, 0.3) is 5.91 Å². The number of alkyl halides is 1. The number of benzene rings is 2. The number of halogens is 1. The molecule has 3 nitrogen and oxygen atoms in total. The normalized spacial score (nSPS) is 10.4. The van der Waals surface area contributed by atoms with Crippen LogP contribution < -0.4 is 0 Å². The summed E-state index contributed by atoms with van der Waals surface area (Å²) < 4.78 is 0. The third-order valence-corrected chi connectivity index (χ3v) is 3.75. The van der Waals surface area contributed by atoms with Gasteiger partial charge in [-0.05, 0) is 24.6 Å². The highest BCUT2D eigenvalue weighted by Crippen LogP contribution is 2.21. The van der Waals surface area contributed by atoms with Gasteiger partial charge in [-0.1, -0.05) is 52.3 Å². The van der Waals surface area contributed by atoms with Gasteiger partial charge in [0.05, 0.1) is 0 Å². The lowest BCUT2D eigenvalue weighted by Crippen LogP contribution is -2.32. The molecule has 0 saturated carbocycles. The summed E-state index contributed by atoms with van der Waals surface area (Å²) in [5, 5.41) is 10.5. The van der Waals surface area contributed by atoms with Gasteiger partial charge < -0.3 is 10.0 Å². The van der Waals surface area contributed by atoms with Gasteiger partial charge in [-0.15, -0.1) is 0 Å². The van der Waals surface area contributed by atoms with Crippen molar-refractivity contribution in [2.75, 3.05) is 11.9 Å². The Bertz CT molecular complexity index is 613. The number of rotatable bonds is 5. The van der Waals surface area contributed by atoms with Gasteiger partial charge in [0.15, 0.2) is 0 Å². The summed E-state index contributed by atoms with van der Waals surface area (Å²) in [6.07, 6.45) is 0. The highest BCUT2D eigenvalue weighted by Gasteiger charge is 2.18. The molecule has 0 spiro atoms. The quantitative estimate of drug-likeness (QED) is 0.837. The summed E-state index contributed by atoms with van der Waals surface area (Å²) in [6, 6.07) is 14.9. The van der Waals surface area contributed by atoms with Gasteiger partial charge in [-0.2, -0.15) is 0 Å². The summed E-state index contributed by atoms with van der Waals surface area (Å²) >= 11 is 3.39. The number of aromatic hydroxyl groups is 1. The second-order valence-electron chi connectivity index (χ2n) is 4.85. The van der Waals surface area contributed by atoms with E-state index in [1.165, 1.54) is 0 Å². The minimum Gasteiger partial charge on any atom is -0.508 e. The maximum absolute atomic E-state index is 12.7. The third kappa shape index (κ3) is 3.85. The molecule has 0 radical (unpaired) electrons. The van der Waals surface area contributed by atoms with Crippen molar-refractivity contribution >= 4 is 21.8 Å². The molecule has 2 aromatic carbocycles. The second-order valence-corrected chi connectivity index (χ2v) is 5.64. The van der Waals surface area contributed by atoms with Crippen LogP contribution in [0, 0.1) is 6.92 Å². The molecule has 0 aliphatic rings. The van der Waals surface area contributed by atoms with Crippen molar-refractivity contribution in [2.45, 2.75) is 13.5 Å². The molecule has 1 N–H and O–H groups in total. The molecular weight excluding hydrogens is 330 g/mol. The van der Waals surface area contributed by atoms with Gasteiger partial charge in [0.2, 0.25) is 0 Å². The molecule has 0 unspecified atom stereocenters. The number of hydrogen-bond donors (Lipinski definition) is 1. The fourth-order valence-corrected chi connectivity index (χ4v) is 2.61. The summed E-state index contributed by atoms with van der Waals surface area (Å²) in [4.78, 5) is 14.5. The van der Waals surface area contributed by atoms with Crippen LogP contribution in [0.5, 0.6) is 5.75 Å². The number of amides is 1. The molecule has 0 bridgehead atoms. The molecule has 2 rings (SSSR count). The van der Waals surface area contributed by atoms with Crippen molar-refractivity contribution in [3.05, 3.63) is 65.2 Å². The van der Waals surface area contributed by atoms with E-state index in [1.807, 2.05) is 30.3 Å². The molecule has 21 heavy (non-hydrogen) atoms. The van der Waals surface area contributed by atoms with Gasteiger partial charge in [0.1, 0.15) is 5.75 Å². The first kappa shape index (κ1) is 15.6. The largest absolute Gasteiger partial charge is 0.508 e. The Morgan fingerprint density at radius 3 is 2.52 bits per heavy atom. The summed E-state index contributed by atoms with van der Waals surface area (Å²) in [5.41, 5.74) is 2.26. The highest BCUT2D eigenvalue weighted by atomic mass is 79.9. The van der Waals surface area contributed by atoms with E-state index in [0.29, 0.717) is 29.5 Å². The first-order chi connectivity index (χ1) is 10.1. The number of carbonyl (C=O) groups excluding carboxylic acids is 1. The molecular formula is C17H18BrNO2. The van der Waals surface area contributed by atoms with E-state index in [1.54, 1.807) is 30.0 Å². The van der Waals surface area contributed by atoms with E-state index in [4.69, 9.17) is 0 Å². The molecule has 0 aliphatic heterocycles. The molecule has 2 aromatic rings. The molecule has 0 aromatic heterocycles. The Labute approximate surface area is 133 Å². The van der Waals surface area contributed by atoms with Crippen molar-refractivity contribution in [1.29, 1.82) is 0 Å². The number of carbonyl (C=O) groups is 1. The SMILES string of the molecule is Cc1c(O)cccc1C(=O)N(CCBr)Cc1ccccc1. The Morgan fingerprint density at radius 1 is 1.14 bits per heavy atom. The predicted molar refractivity (Wildman–Crippen MR) is 87.8 cm³/mol. The lowest BCUT2D eigenvalue weighted by Gasteiger charge is -2.23. The fraction of sp³-hybridized carbons (Fsp3) is 0.235. The van der Waals surface area contributed by atoms with Crippen LogP contribution in [0.3, 0.4) is 0 Å². The summed E-state index contributed by atoms with van der Waals surface area (Å²) in [5.74, 6) is 0.0889. The first-order valence-corrected chi connectivity index (χ1v) is 7.93. The fourth-order valence-electron chi connectivity index (χ4n) is 2.18. The van der Waals surface area contributed by atoms with Crippen LogP contribution >= 0.6 is 15.9 Å². The maximum atomic E-state index is 12.7. The number of hydrogen-bond acceptors (Lipinski definition) is 2. The lowest BCUT2D eigenvalue weighted by molar-refractivity contribution is 0.0753. The van der Waals surface area contributed by atoms with Crippen molar-refractivity contribution < 1.29 is 9.90 Å². The van der Waals surface area contributed by atoms with E-state index in [-0.39, 0.29) is 11.7 Å². The van der Waals surface area contributed by atoms with E-state index in [2.05, 4.69) is 15.9 Å². The van der Waals surface area contributed by atoms with Gasteiger partial charge in [-0.25, -0.2) is 0 Å². The van der Waals surface area contributed by atoms with Crippen LogP contribution in [-0.2, 0) is 6.54 Å². The Balaban J connectivity index is 2.25. The predicted octanol–water partition coefficient (Wildman–Crippen LogP) is 3.74. The summed E-state index contributed by atoms with van der Waals surface area (Å²) in [7, 11) is 0. The number of nitrogens with zero attached hydrogens (tertiary/aromatic N) is 1. The van der Waals surface area contributed by atoms with Crippen molar-refractivity contribution in [3.8, 4) is 5.75 Å². The molecule has 0 saturated heterocycles. The average Bonchev–Trinajstić information content (AvgIpc) is 2.50. The Kier molecular flexibility index (Phi) is 5.39. The zero-order valence-corrected chi connectivity index (χ0v) is 13.5. The van der Waals surface area contributed by atoms with Crippen LogP contribution in [0.2, 0.25) is 0 Å². The molecule has 0 atom stereocenters. The second kappa shape index (κ2) is 7.27. The third-order valence-electron chi connectivity index (χ3n) is 3.39. The highest BCUT2D eigenvalue weighted by molar-refractivity contribution is 9.09. The van der Waals surface area contributed by atoms with Crippen molar-refractivity contribution in [1.82, 2.24) is 4.90 Å². The number of phenolic OH excluding ortho intramolecular Hbond substituents is 1. The minimum atomic E-state index is -0.0632. The van der Waals surface area contributed by atoms with Gasteiger partial charge in [0, 0.05) is 29.5 Å². The van der Waals surface area contributed by atoms with E-state index in [0.717, 1.165) is 5.56 Å². The van der Waals surface area contributed by atoms with E-state index < -0.39 is 0 Å². The first-order valence-electron chi connectivity index (χ1n) is 6.81. The van der Waals surface area contributed by atoms with Crippen LogP contribution in [0.4, 0.5) is 0 Å². The van der Waals surface area contributed by atoms with Crippen LogP contribution in [-0.4, -0.2) is 27.8 Å². The molecule has 0 fully saturated rings. The summed E-state index contributed by atoms with van der Waals surface area (Å²) in [6.45, 7) is 2.93. The van der Waals surface area contributed by atoms with Crippen molar-refractivity contribution in [3.63, 3.8) is 0 Å². The maximum Gasteiger partial charge on any atom is 0.254 e. The molecule has 0 heterocycles. The molecule has 110 valence electrons. The molecule has 0 aliphatic carbocycles. The zero-order chi connectivity index (χ0) is 15.2. The zero-order valence-electron chi connectivity index (χ0n) is 11.9. The minimum absolute atomic E-state index is 0.0632. The monoisotopic (exact) mass is 347 g/mol. The van der Waals surface area contributed by atoms with Gasteiger partial charge >= 0.3 is 0 Å². The Hall–Kier alpha value is -1.81. The number of phenols is 1. The van der Waals surface area contributed by atoms with Crippen LogP contribution in [0.25, 0.3) is 0 Å². The average molecular weight is 348 g/mol. The lowest BCUT2D eigenvalue weighted by atomic mass is 10.1. The molecule has 1 amide bonds. The Morgan fingerprint density at radius 2 is 1.86 bits per heavy atom. The van der Waals surface area contributed by atoms with Gasteiger partial charge in [-0.3, -0.25) is 4.79 Å². The molecule has 4 heteroatoms.